The molecule has 1 rings (SSSR count). The number of amides is 1. The van der Waals surface area contributed by atoms with E-state index in [1.807, 2.05) is 13.8 Å². The molecule has 1 atom stereocenters. The quantitative estimate of drug-likeness (QED) is 0.716. The Kier molecular flexibility index (Phi) is 4.19. The lowest BCUT2D eigenvalue weighted by molar-refractivity contribution is -0.146. The highest BCUT2D eigenvalue weighted by atomic mass is 16.4. The zero-order valence-corrected chi connectivity index (χ0v) is 10.0. The highest BCUT2D eigenvalue weighted by Crippen LogP contribution is 2.05. The normalized spacial score (nSPS) is 12.5. The molecular formula is C10H16N4O3. The van der Waals surface area contributed by atoms with Crippen molar-refractivity contribution in [1.29, 1.82) is 0 Å². The number of hydrogen-bond acceptors (Lipinski definition) is 4. The van der Waals surface area contributed by atoms with Gasteiger partial charge in [-0.15, -0.1) is 0 Å². The summed E-state index contributed by atoms with van der Waals surface area (Å²) in [6, 6.07) is 0.140. The van der Waals surface area contributed by atoms with E-state index < -0.39 is 17.8 Å². The van der Waals surface area contributed by atoms with E-state index in [-0.39, 0.29) is 12.6 Å². The molecule has 0 saturated heterocycles. The van der Waals surface area contributed by atoms with Crippen molar-refractivity contribution in [2.45, 2.75) is 33.4 Å². The molecule has 0 aliphatic rings. The maximum absolute atomic E-state index is 11.4. The number of carbonyl (C=O) groups excluding carboxylic acids is 1. The molecule has 0 saturated carbocycles. The van der Waals surface area contributed by atoms with Gasteiger partial charge in [0.05, 0.1) is 6.54 Å². The van der Waals surface area contributed by atoms with Crippen LogP contribution in [0, 0.1) is 5.92 Å². The van der Waals surface area contributed by atoms with Crippen LogP contribution in [0.4, 0.5) is 0 Å². The Morgan fingerprint density at radius 1 is 1.47 bits per heavy atom. The molecular weight excluding hydrogens is 224 g/mol. The van der Waals surface area contributed by atoms with Crippen LogP contribution in [0.5, 0.6) is 0 Å². The second-order valence-electron chi connectivity index (χ2n) is 3.99. The Labute approximate surface area is 98.8 Å². The molecule has 7 heteroatoms. The summed E-state index contributed by atoms with van der Waals surface area (Å²) in [4.78, 5) is 26.0. The van der Waals surface area contributed by atoms with Crippen LogP contribution in [0.2, 0.25) is 0 Å². The van der Waals surface area contributed by atoms with E-state index in [1.165, 1.54) is 13.3 Å². The van der Waals surface area contributed by atoms with Crippen LogP contribution in [-0.4, -0.2) is 31.7 Å². The van der Waals surface area contributed by atoms with E-state index in [0.29, 0.717) is 5.82 Å². The lowest BCUT2D eigenvalue weighted by Gasteiger charge is -2.11. The van der Waals surface area contributed by atoms with Crippen molar-refractivity contribution in [3.05, 3.63) is 12.2 Å². The van der Waals surface area contributed by atoms with Gasteiger partial charge in [0.15, 0.2) is 0 Å². The first-order chi connectivity index (χ1) is 7.93. The third-order valence-corrected chi connectivity index (χ3v) is 2.32. The highest BCUT2D eigenvalue weighted by Gasteiger charge is 2.20. The van der Waals surface area contributed by atoms with Gasteiger partial charge >= 0.3 is 5.97 Å². The Morgan fingerprint density at radius 2 is 2.12 bits per heavy atom. The summed E-state index contributed by atoms with van der Waals surface area (Å²) in [6.45, 7) is 5.40. The summed E-state index contributed by atoms with van der Waals surface area (Å²) in [7, 11) is 0. The number of nitrogens with zero attached hydrogens (tertiary/aromatic N) is 3. The van der Waals surface area contributed by atoms with Crippen molar-refractivity contribution in [2.24, 2.45) is 5.92 Å². The van der Waals surface area contributed by atoms with Gasteiger partial charge in [-0.1, -0.05) is 0 Å². The van der Waals surface area contributed by atoms with Gasteiger partial charge in [-0.25, -0.2) is 9.67 Å². The van der Waals surface area contributed by atoms with Gasteiger partial charge in [0, 0.05) is 6.04 Å². The largest absolute Gasteiger partial charge is 0.481 e. The molecule has 1 amide bonds. The average molecular weight is 240 g/mol. The number of carbonyl (C=O) groups is 2. The standard InChI is InChI=1S/C10H16N4O3/c1-6(2)14-8(12-5-13-14)4-11-9(15)7(3)10(16)17/h5-7H,4H2,1-3H3,(H,11,15)(H,16,17). The molecule has 1 aromatic rings. The van der Waals surface area contributed by atoms with Crippen LogP contribution in [0.25, 0.3) is 0 Å². The smallest absolute Gasteiger partial charge is 0.315 e. The van der Waals surface area contributed by atoms with E-state index in [2.05, 4.69) is 15.4 Å². The van der Waals surface area contributed by atoms with Crippen LogP contribution in [0.15, 0.2) is 6.33 Å². The molecule has 0 aliphatic carbocycles. The third kappa shape index (κ3) is 3.27. The minimum absolute atomic E-state index is 0.140. The first kappa shape index (κ1) is 13.1. The number of carboxylic acid groups (broad SMARTS) is 1. The van der Waals surface area contributed by atoms with Gasteiger partial charge < -0.3 is 10.4 Å². The van der Waals surface area contributed by atoms with Gasteiger partial charge in [-0.2, -0.15) is 5.10 Å². The monoisotopic (exact) mass is 240 g/mol. The predicted molar refractivity (Wildman–Crippen MR) is 59.1 cm³/mol. The molecule has 2 N–H and O–H groups in total. The molecule has 7 nitrogen and oxygen atoms in total. The summed E-state index contributed by atoms with van der Waals surface area (Å²) >= 11 is 0. The topological polar surface area (TPSA) is 97.1 Å². The predicted octanol–water partition coefficient (Wildman–Crippen LogP) is 0.196. The fraction of sp³-hybridized carbons (Fsp3) is 0.600. The van der Waals surface area contributed by atoms with E-state index >= 15 is 0 Å². The Bertz CT molecular complexity index is 413. The van der Waals surface area contributed by atoms with Crippen LogP contribution >= 0.6 is 0 Å². The van der Waals surface area contributed by atoms with Gasteiger partial charge in [0.2, 0.25) is 5.91 Å². The Morgan fingerprint density at radius 3 is 2.65 bits per heavy atom. The molecule has 0 bridgehead atoms. The molecule has 0 aliphatic heterocycles. The first-order valence-corrected chi connectivity index (χ1v) is 5.32. The van der Waals surface area contributed by atoms with Gasteiger partial charge in [0.1, 0.15) is 18.1 Å². The Balaban J connectivity index is 2.59. The minimum Gasteiger partial charge on any atom is -0.481 e. The summed E-state index contributed by atoms with van der Waals surface area (Å²) in [6.07, 6.45) is 1.40. The van der Waals surface area contributed by atoms with E-state index in [1.54, 1.807) is 4.68 Å². The summed E-state index contributed by atoms with van der Waals surface area (Å²) in [5.41, 5.74) is 0. The molecule has 1 aromatic heterocycles. The SMILES string of the molecule is CC(C(=O)O)C(=O)NCc1ncnn1C(C)C. The highest BCUT2D eigenvalue weighted by molar-refractivity contribution is 5.96. The van der Waals surface area contributed by atoms with E-state index in [9.17, 15) is 9.59 Å². The fourth-order valence-electron chi connectivity index (χ4n) is 1.26. The maximum Gasteiger partial charge on any atom is 0.315 e. The lowest BCUT2D eigenvalue weighted by atomic mass is 10.2. The molecule has 0 spiro atoms. The van der Waals surface area contributed by atoms with Crippen molar-refractivity contribution < 1.29 is 14.7 Å². The van der Waals surface area contributed by atoms with E-state index in [4.69, 9.17) is 5.11 Å². The fourth-order valence-corrected chi connectivity index (χ4v) is 1.26. The van der Waals surface area contributed by atoms with Crippen molar-refractivity contribution >= 4 is 11.9 Å². The van der Waals surface area contributed by atoms with Gasteiger partial charge in [-0.3, -0.25) is 9.59 Å². The first-order valence-electron chi connectivity index (χ1n) is 5.32. The zero-order valence-electron chi connectivity index (χ0n) is 10.0. The van der Waals surface area contributed by atoms with Crippen molar-refractivity contribution in [3.8, 4) is 0 Å². The molecule has 17 heavy (non-hydrogen) atoms. The zero-order chi connectivity index (χ0) is 13.0. The molecule has 1 heterocycles. The number of rotatable bonds is 5. The van der Waals surface area contributed by atoms with Gasteiger partial charge in [-0.05, 0) is 20.8 Å². The summed E-state index contributed by atoms with van der Waals surface area (Å²) in [5, 5.41) is 15.2. The van der Waals surface area contributed by atoms with Crippen molar-refractivity contribution in [2.75, 3.05) is 0 Å². The van der Waals surface area contributed by atoms with Gasteiger partial charge in [0.25, 0.3) is 0 Å². The molecule has 0 fully saturated rings. The lowest BCUT2D eigenvalue weighted by Crippen LogP contribution is -2.34. The van der Waals surface area contributed by atoms with Crippen LogP contribution < -0.4 is 5.32 Å². The van der Waals surface area contributed by atoms with Crippen LogP contribution in [0.3, 0.4) is 0 Å². The summed E-state index contributed by atoms with van der Waals surface area (Å²) < 4.78 is 1.67. The second kappa shape index (κ2) is 5.42. The molecule has 1 unspecified atom stereocenters. The maximum atomic E-state index is 11.4. The number of aromatic nitrogens is 3. The molecule has 94 valence electrons. The number of carboxylic acids is 1. The van der Waals surface area contributed by atoms with Crippen molar-refractivity contribution in [1.82, 2.24) is 20.1 Å². The second-order valence-corrected chi connectivity index (χ2v) is 3.99. The van der Waals surface area contributed by atoms with Crippen molar-refractivity contribution in [3.63, 3.8) is 0 Å². The average Bonchev–Trinajstić information content (AvgIpc) is 2.72. The minimum atomic E-state index is -1.15. The third-order valence-electron chi connectivity index (χ3n) is 2.32. The van der Waals surface area contributed by atoms with Crippen LogP contribution in [0.1, 0.15) is 32.6 Å². The molecule has 0 radical (unpaired) electrons. The number of hydrogen-bond donors (Lipinski definition) is 2. The Hall–Kier alpha value is -1.92. The number of aliphatic carboxylic acids is 1. The summed E-state index contributed by atoms with van der Waals surface area (Å²) in [5.74, 6) is -2.14. The van der Waals surface area contributed by atoms with E-state index in [0.717, 1.165) is 0 Å². The molecule has 0 aromatic carbocycles. The van der Waals surface area contributed by atoms with Crippen LogP contribution in [-0.2, 0) is 16.1 Å². The number of nitrogens with one attached hydrogen (secondary N) is 1.